The largest absolute Gasteiger partial charge is 0.314 e. The predicted octanol–water partition coefficient (Wildman–Crippen LogP) is 2.96. The van der Waals surface area contributed by atoms with E-state index in [2.05, 4.69) is 24.1 Å². The maximum atomic E-state index is 14.0. The molecule has 1 heterocycles. The van der Waals surface area contributed by atoms with Gasteiger partial charge in [0.2, 0.25) is 0 Å². The number of nitrogens with zero attached hydrogens (tertiary/aromatic N) is 1. The molecule has 1 saturated heterocycles. The van der Waals surface area contributed by atoms with E-state index in [9.17, 15) is 8.78 Å². The Bertz CT molecular complexity index is 434. The SMILES string of the molecule is CC(C)NCC1CCN(C)C1c1ccc(F)cc1F. The molecule has 1 fully saturated rings. The zero-order valence-corrected chi connectivity index (χ0v) is 11.8. The Balaban J connectivity index is 2.18. The second-order valence-corrected chi connectivity index (χ2v) is 5.70. The molecule has 0 bridgehead atoms. The Labute approximate surface area is 113 Å². The van der Waals surface area contributed by atoms with Crippen molar-refractivity contribution in [1.82, 2.24) is 10.2 Å². The van der Waals surface area contributed by atoms with E-state index in [-0.39, 0.29) is 6.04 Å². The molecule has 0 aromatic heterocycles. The third-order valence-electron chi connectivity index (χ3n) is 3.84. The van der Waals surface area contributed by atoms with Crippen molar-refractivity contribution in [1.29, 1.82) is 0 Å². The van der Waals surface area contributed by atoms with Gasteiger partial charge in [-0.15, -0.1) is 0 Å². The van der Waals surface area contributed by atoms with Crippen molar-refractivity contribution in [3.05, 3.63) is 35.4 Å². The summed E-state index contributed by atoms with van der Waals surface area (Å²) in [6.07, 6.45) is 1.04. The fraction of sp³-hybridized carbons (Fsp3) is 0.600. The molecular formula is C15H22F2N2. The van der Waals surface area contributed by atoms with Crippen LogP contribution in [0.15, 0.2) is 18.2 Å². The van der Waals surface area contributed by atoms with Crippen LogP contribution in [0, 0.1) is 17.6 Å². The van der Waals surface area contributed by atoms with Crippen molar-refractivity contribution in [2.75, 3.05) is 20.1 Å². The smallest absolute Gasteiger partial charge is 0.130 e. The van der Waals surface area contributed by atoms with E-state index in [1.54, 1.807) is 6.07 Å². The third kappa shape index (κ3) is 3.31. The van der Waals surface area contributed by atoms with Gasteiger partial charge in [0.05, 0.1) is 0 Å². The summed E-state index contributed by atoms with van der Waals surface area (Å²) >= 11 is 0. The number of hydrogen-bond donors (Lipinski definition) is 1. The lowest BCUT2D eigenvalue weighted by Crippen LogP contribution is -2.32. The number of benzene rings is 1. The fourth-order valence-electron chi connectivity index (χ4n) is 2.86. The molecule has 1 N–H and O–H groups in total. The van der Waals surface area contributed by atoms with Crippen molar-refractivity contribution in [3.8, 4) is 0 Å². The number of rotatable bonds is 4. The van der Waals surface area contributed by atoms with Crippen LogP contribution in [0.1, 0.15) is 31.9 Å². The lowest BCUT2D eigenvalue weighted by Gasteiger charge is -2.26. The molecule has 19 heavy (non-hydrogen) atoms. The van der Waals surface area contributed by atoms with Crippen molar-refractivity contribution in [2.45, 2.75) is 32.4 Å². The highest BCUT2D eigenvalue weighted by molar-refractivity contribution is 5.24. The van der Waals surface area contributed by atoms with Crippen molar-refractivity contribution in [3.63, 3.8) is 0 Å². The molecule has 1 aromatic carbocycles. The van der Waals surface area contributed by atoms with Crippen LogP contribution in [-0.4, -0.2) is 31.1 Å². The molecule has 0 aliphatic carbocycles. The second kappa shape index (κ2) is 5.97. The Hall–Kier alpha value is -1.00. The zero-order chi connectivity index (χ0) is 14.0. The minimum absolute atomic E-state index is 0.0341. The zero-order valence-electron chi connectivity index (χ0n) is 11.8. The molecule has 106 valence electrons. The highest BCUT2D eigenvalue weighted by Crippen LogP contribution is 2.37. The number of likely N-dealkylation sites (tertiary alicyclic amines) is 1. The monoisotopic (exact) mass is 268 g/mol. The lowest BCUT2D eigenvalue weighted by molar-refractivity contribution is 0.262. The molecule has 4 heteroatoms. The normalized spacial score (nSPS) is 24.3. The van der Waals surface area contributed by atoms with Gasteiger partial charge in [-0.3, -0.25) is 4.90 Å². The van der Waals surface area contributed by atoms with Gasteiger partial charge in [-0.1, -0.05) is 19.9 Å². The Kier molecular flexibility index (Phi) is 4.53. The van der Waals surface area contributed by atoms with Crippen LogP contribution >= 0.6 is 0 Å². The average Bonchev–Trinajstić information content (AvgIpc) is 2.68. The quantitative estimate of drug-likeness (QED) is 0.903. The van der Waals surface area contributed by atoms with Crippen LogP contribution in [0.25, 0.3) is 0 Å². The van der Waals surface area contributed by atoms with E-state index < -0.39 is 11.6 Å². The highest BCUT2D eigenvalue weighted by Gasteiger charge is 2.34. The molecule has 1 aromatic rings. The highest BCUT2D eigenvalue weighted by atomic mass is 19.1. The summed E-state index contributed by atoms with van der Waals surface area (Å²) in [5.41, 5.74) is 0.608. The average molecular weight is 268 g/mol. The summed E-state index contributed by atoms with van der Waals surface area (Å²) in [5.74, 6) is -0.584. The first-order valence-corrected chi connectivity index (χ1v) is 6.87. The van der Waals surface area contributed by atoms with Gasteiger partial charge in [0, 0.05) is 30.3 Å². The lowest BCUT2D eigenvalue weighted by atomic mass is 9.93. The van der Waals surface area contributed by atoms with Crippen LogP contribution in [-0.2, 0) is 0 Å². The van der Waals surface area contributed by atoms with E-state index in [0.29, 0.717) is 17.5 Å². The van der Waals surface area contributed by atoms with Gasteiger partial charge in [-0.25, -0.2) is 8.78 Å². The van der Waals surface area contributed by atoms with Gasteiger partial charge in [-0.2, -0.15) is 0 Å². The van der Waals surface area contributed by atoms with Gasteiger partial charge >= 0.3 is 0 Å². The van der Waals surface area contributed by atoms with Gasteiger partial charge in [0.1, 0.15) is 11.6 Å². The topological polar surface area (TPSA) is 15.3 Å². The van der Waals surface area contributed by atoms with Crippen LogP contribution in [0.3, 0.4) is 0 Å². The van der Waals surface area contributed by atoms with E-state index in [4.69, 9.17) is 0 Å². The molecule has 0 saturated carbocycles. The van der Waals surface area contributed by atoms with E-state index in [1.807, 2.05) is 7.05 Å². The van der Waals surface area contributed by atoms with Crippen LogP contribution in [0.2, 0.25) is 0 Å². The standard InChI is InChI=1S/C15H22F2N2/c1-10(2)18-9-11-6-7-19(3)15(11)13-5-4-12(16)8-14(13)17/h4-5,8,10-11,15,18H,6-7,9H2,1-3H3. The molecule has 0 amide bonds. The molecule has 1 aliphatic rings. The van der Waals surface area contributed by atoms with E-state index in [0.717, 1.165) is 25.6 Å². The molecule has 1 aliphatic heterocycles. The third-order valence-corrected chi connectivity index (χ3v) is 3.84. The molecule has 2 nitrogen and oxygen atoms in total. The van der Waals surface area contributed by atoms with Crippen molar-refractivity contribution >= 4 is 0 Å². The van der Waals surface area contributed by atoms with Crippen LogP contribution in [0.5, 0.6) is 0 Å². The van der Waals surface area contributed by atoms with Gasteiger partial charge in [-0.05, 0) is 32.0 Å². The Morgan fingerprint density at radius 1 is 1.37 bits per heavy atom. The first kappa shape index (κ1) is 14.4. The van der Waals surface area contributed by atoms with Gasteiger partial charge in [0.15, 0.2) is 0 Å². The molecule has 2 unspecified atom stereocenters. The van der Waals surface area contributed by atoms with E-state index >= 15 is 0 Å². The Morgan fingerprint density at radius 2 is 2.11 bits per heavy atom. The summed E-state index contributed by atoms with van der Waals surface area (Å²) in [6.45, 7) is 6.02. The minimum atomic E-state index is -0.515. The van der Waals surface area contributed by atoms with Gasteiger partial charge < -0.3 is 5.32 Å². The van der Waals surface area contributed by atoms with Crippen LogP contribution in [0.4, 0.5) is 8.78 Å². The predicted molar refractivity (Wildman–Crippen MR) is 73.0 cm³/mol. The number of halogens is 2. The molecular weight excluding hydrogens is 246 g/mol. The number of nitrogens with one attached hydrogen (secondary N) is 1. The van der Waals surface area contributed by atoms with Crippen molar-refractivity contribution < 1.29 is 8.78 Å². The summed E-state index contributed by atoms with van der Waals surface area (Å²) in [7, 11) is 2.00. The summed E-state index contributed by atoms with van der Waals surface area (Å²) in [6, 6.07) is 4.36. The first-order chi connectivity index (χ1) is 8.99. The summed E-state index contributed by atoms with van der Waals surface area (Å²) in [5, 5.41) is 3.42. The minimum Gasteiger partial charge on any atom is -0.314 e. The number of hydrogen-bond acceptors (Lipinski definition) is 2. The molecule has 2 atom stereocenters. The maximum absolute atomic E-state index is 14.0. The summed E-state index contributed by atoms with van der Waals surface area (Å²) in [4.78, 5) is 2.16. The first-order valence-electron chi connectivity index (χ1n) is 6.87. The molecule has 2 rings (SSSR count). The Morgan fingerprint density at radius 3 is 2.74 bits per heavy atom. The summed E-state index contributed by atoms with van der Waals surface area (Å²) < 4.78 is 27.0. The maximum Gasteiger partial charge on any atom is 0.130 e. The van der Waals surface area contributed by atoms with E-state index in [1.165, 1.54) is 6.07 Å². The fourth-order valence-corrected chi connectivity index (χ4v) is 2.86. The van der Waals surface area contributed by atoms with Gasteiger partial charge in [0.25, 0.3) is 0 Å². The molecule has 0 radical (unpaired) electrons. The van der Waals surface area contributed by atoms with Crippen LogP contribution < -0.4 is 5.32 Å². The second-order valence-electron chi connectivity index (χ2n) is 5.70. The molecule has 0 spiro atoms. The van der Waals surface area contributed by atoms with Crippen molar-refractivity contribution in [2.24, 2.45) is 5.92 Å².